The summed E-state index contributed by atoms with van der Waals surface area (Å²) in [5.41, 5.74) is 2.32. The maximum absolute atomic E-state index is 11.6. The van der Waals surface area contributed by atoms with Crippen LogP contribution in [0.3, 0.4) is 0 Å². The average molecular weight is 174 g/mol. The summed E-state index contributed by atoms with van der Waals surface area (Å²) in [7, 11) is 0. The van der Waals surface area contributed by atoms with Gasteiger partial charge in [-0.1, -0.05) is 6.07 Å². The number of rotatable bonds is 0. The fourth-order valence-electron chi connectivity index (χ4n) is 1.33. The Labute approximate surface area is 75.8 Å². The first kappa shape index (κ1) is 7.98. The number of hydrogen-bond acceptors (Lipinski definition) is 2. The minimum atomic E-state index is 0.0567. The zero-order valence-electron chi connectivity index (χ0n) is 7.59. The second-order valence-electron chi connectivity index (χ2n) is 3.14. The molecule has 66 valence electrons. The van der Waals surface area contributed by atoms with Gasteiger partial charge in [0.2, 0.25) is 0 Å². The van der Waals surface area contributed by atoms with Crippen molar-refractivity contribution in [1.82, 2.24) is 9.97 Å². The first-order valence-electron chi connectivity index (χ1n) is 4.14. The Morgan fingerprint density at radius 3 is 2.85 bits per heavy atom. The molecule has 3 nitrogen and oxygen atoms in total. The Kier molecular flexibility index (Phi) is 1.65. The van der Waals surface area contributed by atoms with Crippen LogP contribution in [0.15, 0.2) is 23.1 Å². The summed E-state index contributed by atoms with van der Waals surface area (Å²) in [6.45, 7) is 3.67. The number of aromatic amines is 1. The van der Waals surface area contributed by atoms with E-state index in [4.69, 9.17) is 0 Å². The largest absolute Gasteiger partial charge is 0.343 e. The minimum Gasteiger partial charge on any atom is -0.343 e. The minimum absolute atomic E-state index is 0.0567. The second kappa shape index (κ2) is 2.69. The van der Waals surface area contributed by atoms with Crippen LogP contribution in [0, 0.1) is 13.8 Å². The molecule has 3 heteroatoms. The molecule has 2 rings (SSSR count). The molecule has 13 heavy (non-hydrogen) atoms. The number of benzene rings is 1. The quantitative estimate of drug-likeness (QED) is 0.657. The van der Waals surface area contributed by atoms with E-state index >= 15 is 0 Å². The van der Waals surface area contributed by atoms with E-state index in [2.05, 4.69) is 9.97 Å². The SMILES string of the molecule is Cc1ncc2c(=O)c(C)ccc-2[nH]1. The topological polar surface area (TPSA) is 45.8 Å². The number of aryl methyl sites for hydroxylation is 2. The maximum atomic E-state index is 11.6. The van der Waals surface area contributed by atoms with Gasteiger partial charge >= 0.3 is 0 Å². The summed E-state index contributed by atoms with van der Waals surface area (Å²) in [6.07, 6.45) is 1.62. The standard InChI is InChI=1S/C10H10N2O/c1-6-3-4-9-8(10(6)13)5-11-7(2)12-9/h3-5H,1-2H3,(H,11,12). The van der Waals surface area contributed by atoms with Crippen molar-refractivity contribution in [2.24, 2.45) is 0 Å². The zero-order valence-corrected chi connectivity index (χ0v) is 7.59. The Morgan fingerprint density at radius 1 is 1.31 bits per heavy atom. The molecule has 0 aromatic carbocycles. The maximum Gasteiger partial charge on any atom is 0.192 e. The van der Waals surface area contributed by atoms with E-state index in [1.165, 1.54) is 0 Å². The van der Waals surface area contributed by atoms with Crippen LogP contribution in [-0.4, -0.2) is 9.97 Å². The first-order chi connectivity index (χ1) is 6.18. The lowest BCUT2D eigenvalue weighted by Crippen LogP contribution is -2.10. The number of nitrogens with one attached hydrogen (secondary N) is 1. The van der Waals surface area contributed by atoms with Crippen LogP contribution >= 0.6 is 0 Å². The molecule has 0 saturated carbocycles. The smallest absolute Gasteiger partial charge is 0.192 e. The van der Waals surface area contributed by atoms with Gasteiger partial charge in [0.1, 0.15) is 5.82 Å². The molecule has 1 aliphatic heterocycles. The van der Waals surface area contributed by atoms with E-state index in [9.17, 15) is 4.79 Å². The predicted octanol–water partition coefficient (Wildman–Crippen LogP) is 1.49. The Morgan fingerprint density at radius 2 is 2.08 bits per heavy atom. The van der Waals surface area contributed by atoms with Gasteiger partial charge < -0.3 is 4.98 Å². The molecule has 1 aliphatic carbocycles. The van der Waals surface area contributed by atoms with E-state index in [0.717, 1.165) is 17.1 Å². The van der Waals surface area contributed by atoms with Crippen LogP contribution in [-0.2, 0) is 0 Å². The first-order valence-corrected chi connectivity index (χ1v) is 4.14. The fourth-order valence-corrected chi connectivity index (χ4v) is 1.33. The van der Waals surface area contributed by atoms with Gasteiger partial charge in [-0.25, -0.2) is 4.98 Å². The van der Waals surface area contributed by atoms with Crippen LogP contribution in [0.4, 0.5) is 0 Å². The monoisotopic (exact) mass is 174 g/mol. The number of fused-ring (bicyclic) bond motifs is 1. The van der Waals surface area contributed by atoms with Crippen molar-refractivity contribution in [3.05, 3.63) is 39.9 Å². The van der Waals surface area contributed by atoms with Crippen molar-refractivity contribution < 1.29 is 0 Å². The number of aromatic nitrogens is 2. The van der Waals surface area contributed by atoms with Crippen LogP contribution in [0.25, 0.3) is 11.3 Å². The molecule has 1 heterocycles. The highest BCUT2D eigenvalue weighted by molar-refractivity contribution is 5.60. The van der Waals surface area contributed by atoms with E-state index < -0.39 is 0 Å². The van der Waals surface area contributed by atoms with E-state index in [0.29, 0.717) is 5.56 Å². The lowest BCUT2D eigenvalue weighted by Gasteiger charge is -2.05. The molecule has 0 radical (unpaired) electrons. The molecule has 1 N–H and O–H groups in total. The van der Waals surface area contributed by atoms with Gasteiger partial charge in [0.15, 0.2) is 5.43 Å². The van der Waals surface area contributed by atoms with Crippen LogP contribution in [0.5, 0.6) is 0 Å². The van der Waals surface area contributed by atoms with Gasteiger partial charge in [-0.2, -0.15) is 0 Å². The van der Waals surface area contributed by atoms with Crippen LogP contribution in [0.2, 0.25) is 0 Å². The van der Waals surface area contributed by atoms with Crippen molar-refractivity contribution >= 4 is 0 Å². The third-order valence-electron chi connectivity index (χ3n) is 2.10. The molecular formula is C10H10N2O. The molecule has 0 fully saturated rings. The lowest BCUT2D eigenvalue weighted by atomic mass is 10.1. The highest BCUT2D eigenvalue weighted by Crippen LogP contribution is 2.13. The highest BCUT2D eigenvalue weighted by atomic mass is 16.1. The third-order valence-corrected chi connectivity index (χ3v) is 2.10. The van der Waals surface area contributed by atoms with Crippen molar-refractivity contribution in [3.63, 3.8) is 0 Å². The Bertz CT molecular complexity index is 473. The average Bonchev–Trinajstić information content (AvgIpc) is 2.12. The number of hydrogen-bond donors (Lipinski definition) is 1. The summed E-state index contributed by atoms with van der Waals surface area (Å²) >= 11 is 0. The molecule has 0 aromatic heterocycles. The van der Waals surface area contributed by atoms with Gasteiger partial charge in [-0.05, 0) is 25.5 Å². The lowest BCUT2D eigenvalue weighted by molar-refractivity contribution is 1.05. The number of nitrogens with zero attached hydrogens (tertiary/aromatic N) is 1. The van der Waals surface area contributed by atoms with Crippen molar-refractivity contribution in [1.29, 1.82) is 0 Å². The van der Waals surface area contributed by atoms with Gasteiger partial charge in [0.25, 0.3) is 0 Å². The fraction of sp³-hybridized carbons (Fsp3) is 0.200. The van der Waals surface area contributed by atoms with Crippen LogP contribution in [0.1, 0.15) is 11.4 Å². The molecule has 0 unspecified atom stereocenters. The van der Waals surface area contributed by atoms with Gasteiger partial charge in [-0.3, -0.25) is 4.79 Å². The van der Waals surface area contributed by atoms with Crippen molar-refractivity contribution in [3.8, 4) is 11.3 Å². The van der Waals surface area contributed by atoms with Gasteiger partial charge in [0.05, 0.1) is 11.3 Å². The summed E-state index contributed by atoms with van der Waals surface area (Å²) < 4.78 is 0. The molecule has 0 saturated heterocycles. The normalized spacial score (nSPS) is 10.6. The van der Waals surface area contributed by atoms with E-state index in [1.807, 2.05) is 26.0 Å². The molecule has 2 aliphatic rings. The van der Waals surface area contributed by atoms with E-state index in [-0.39, 0.29) is 5.43 Å². The molecule has 0 amide bonds. The van der Waals surface area contributed by atoms with Gasteiger partial charge in [0, 0.05) is 6.20 Å². The van der Waals surface area contributed by atoms with Crippen LogP contribution < -0.4 is 5.43 Å². The number of H-pyrrole nitrogens is 1. The summed E-state index contributed by atoms with van der Waals surface area (Å²) in [5.74, 6) is 0.816. The highest BCUT2D eigenvalue weighted by Gasteiger charge is 2.07. The van der Waals surface area contributed by atoms with Crippen molar-refractivity contribution in [2.75, 3.05) is 0 Å². The molecule has 0 aromatic rings. The molecule has 0 spiro atoms. The van der Waals surface area contributed by atoms with E-state index in [1.54, 1.807) is 6.20 Å². The Hall–Kier alpha value is -1.64. The summed E-state index contributed by atoms with van der Waals surface area (Å²) in [4.78, 5) is 18.7. The van der Waals surface area contributed by atoms with Gasteiger partial charge in [-0.15, -0.1) is 0 Å². The predicted molar refractivity (Wildman–Crippen MR) is 51.0 cm³/mol. The molecule has 0 bridgehead atoms. The second-order valence-corrected chi connectivity index (χ2v) is 3.14. The Balaban J connectivity index is 2.87. The third kappa shape index (κ3) is 1.22. The molecular weight excluding hydrogens is 164 g/mol. The van der Waals surface area contributed by atoms with Crippen molar-refractivity contribution in [2.45, 2.75) is 13.8 Å². The summed E-state index contributed by atoms with van der Waals surface area (Å²) in [5, 5.41) is 0. The molecule has 0 atom stereocenters. The summed E-state index contributed by atoms with van der Waals surface area (Å²) in [6, 6.07) is 3.72. The zero-order chi connectivity index (χ0) is 9.42.